The van der Waals surface area contributed by atoms with E-state index in [1.807, 2.05) is 18.2 Å². The van der Waals surface area contributed by atoms with Crippen LogP contribution in [-0.4, -0.2) is 22.0 Å². The molecule has 0 radical (unpaired) electrons. The van der Waals surface area contributed by atoms with Crippen molar-refractivity contribution in [2.45, 2.75) is 38.8 Å². The lowest BCUT2D eigenvalue weighted by Crippen LogP contribution is -2.33. The summed E-state index contributed by atoms with van der Waals surface area (Å²) in [6.07, 6.45) is 1.68. The van der Waals surface area contributed by atoms with Gasteiger partial charge in [0.2, 0.25) is 5.91 Å². The number of para-hydroxylation sites is 1. The molecule has 0 saturated carbocycles. The Bertz CT molecular complexity index is 1010. The number of nitrogens with one attached hydrogen (secondary N) is 1. The Morgan fingerprint density at radius 2 is 1.79 bits per heavy atom. The number of fused-ring (bicyclic) bond motifs is 1. The number of hydrogen-bond donors (Lipinski definition) is 2. The molecule has 146 valence electrons. The van der Waals surface area contributed by atoms with Gasteiger partial charge in [0, 0.05) is 25.6 Å². The van der Waals surface area contributed by atoms with Crippen LogP contribution < -0.4 is 16.6 Å². The number of carbonyl (C=O) groups excluding carboxylic acids is 1. The SMILES string of the molecule is CC(C)c1ccc(C(N)CNC(=O)CCn2cnc3ccccc3c2=O)cc1. The fourth-order valence-electron chi connectivity index (χ4n) is 3.05. The van der Waals surface area contributed by atoms with Gasteiger partial charge in [-0.3, -0.25) is 14.2 Å². The van der Waals surface area contributed by atoms with Gasteiger partial charge < -0.3 is 11.1 Å². The van der Waals surface area contributed by atoms with E-state index in [-0.39, 0.29) is 30.5 Å². The third-order valence-electron chi connectivity index (χ3n) is 4.86. The molecule has 1 amide bonds. The van der Waals surface area contributed by atoms with Crippen molar-refractivity contribution in [1.82, 2.24) is 14.9 Å². The molecule has 1 heterocycles. The third kappa shape index (κ3) is 4.64. The van der Waals surface area contributed by atoms with Gasteiger partial charge in [0.1, 0.15) is 0 Å². The van der Waals surface area contributed by atoms with Crippen LogP contribution in [0.25, 0.3) is 10.9 Å². The average molecular weight is 378 g/mol. The molecule has 1 unspecified atom stereocenters. The van der Waals surface area contributed by atoms with Crippen LogP contribution in [0.1, 0.15) is 43.4 Å². The quantitative estimate of drug-likeness (QED) is 0.661. The maximum atomic E-state index is 12.4. The summed E-state index contributed by atoms with van der Waals surface area (Å²) in [6, 6.07) is 15.1. The molecular formula is C22H26N4O2. The second-order valence-corrected chi connectivity index (χ2v) is 7.24. The molecule has 2 aromatic carbocycles. The second-order valence-electron chi connectivity index (χ2n) is 7.24. The fourth-order valence-corrected chi connectivity index (χ4v) is 3.05. The van der Waals surface area contributed by atoms with Crippen molar-refractivity contribution in [3.8, 4) is 0 Å². The van der Waals surface area contributed by atoms with Gasteiger partial charge >= 0.3 is 0 Å². The van der Waals surface area contributed by atoms with Crippen molar-refractivity contribution >= 4 is 16.8 Å². The molecule has 0 bridgehead atoms. The Morgan fingerprint density at radius 1 is 1.11 bits per heavy atom. The van der Waals surface area contributed by atoms with E-state index in [9.17, 15) is 9.59 Å². The summed E-state index contributed by atoms with van der Waals surface area (Å²) in [5.41, 5.74) is 8.94. The number of rotatable bonds is 7. The van der Waals surface area contributed by atoms with Crippen LogP contribution in [0.4, 0.5) is 0 Å². The van der Waals surface area contributed by atoms with Gasteiger partial charge in [-0.15, -0.1) is 0 Å². The molecule has 1 atom stereocenters. The van der Waals surface area contributed by atoms with Crippen LogP contribution in [-0.2, 0) is 11.3 Å². The van der Waals surface area contributed by atoms with Gasteiger partial charge in [0.15, 0.2) is 0 Å². The zero-order valence-electron chi connectivity index (χ0n) is 16.3. The number of nitrogens with zero attached hydrogens (tertiary/aromatic N) is 2. The van der Waals surface area contributed by atoms with E-state index in [0.29, 0.717) is 23.4 Å². The van der Waals surface area contributed by atoms with E-state index in [2.05, 4.69) is 36.3 Å². The lowest BCUT2D eigenvalue weighted by molar-refractivity contribution is -0.121. The summed E-state index contributed by atoms with van der Waals surface area (Å²) in [4.78, 5) is 28.9. The first-order valence-electron chi connectivity index (χ1n) is 9.52. The van der Waals surface area contributed by atoms with E-state index >= 15 is 0 Å². The van der Waals surface area contributed by atoms with Crippen molar-refractivity contribution in [3.05, 3.63) is 76.3 Å². The molecular weight excluding hydrogens is 352 g/mol. The highest BCUT2D eigenvalue weighted by molar-refractivity contribution is 5.77. The van der Waals surface area contributed by atoms with Crippen molar-refractivity contribution in [2.75, 3.05) is 6.54 Å². The molecule has 6 heteroatoms. The Hall–Kier alpha value is -2.99. The Kier molecular flexibility index (Phi) is 6.21. The van der Waals surface area contributed by atoms with Gasteiger partial charge in [-0.05, 0) is 29.2 Å². The minimum atomic E-state index is -0.268. The van der Waals surface area contributed by atoms with E-state index < -0.39 is 0 Å². The molecule has 3 rings (SSSR count). The van der Waals surface area contributed by atoms with E-state index in [4.69, 9.17) is 5.73 Å². The molecule has 1 aromatic heterocycles. The van der Waals surface area contributed by atoms with Crippen LogP contribution in [0.15, 0.2) is 59.7 Å². The van der Waals surface area contributed by atoms with Gasteiger partial charge in [-0.25, -0.2) is 4.98 Å². The molecule has 6 nitrogen and oxygen atoms in total. The molecule has 0 fully saturated rings. The fraction of sp³-hybridized carbons (Fsp3) is 0.318. The van der Waals surface area contributed by atoms with Crippen molar-refractivity contribution in [2.24, 2.45) is 5.73 Å². The normalized spacial score (nSPS) is 12.3. The van der Waals surface area contributed by atoms with Gasteiger partial charge in [-0.1, -0.05) is 50.2 Å². The first-order chi connectivity index (χ1) is 13.5. The summed E-state index contributed by atoms with van der Waals surface area (Å²) in [5.74, 6) is 0.326. The predicted molar refractivity (Wildman–Crippen MR) is 111 cm³/mol. The summed E-state index contributed by atoms with van der Waals surface area (Å²) in [7, 11) is 0. The Labute approximate surface area is 164 Å². The van der Waals surface area contributed by atoms with Crippen LogP contribution >= 0.6 is 0 Å². The highest BCUT2D eigenvalue weighted by Crippen LogP contribution is 2.17. The zero-order chi connectivity index (χ0) is 20.1. The maximum absolute atomic E-state index is 12.4. The van der Waals surface area contributed by atoms with Crippen LogP contribution in [0.3, 0.4) is 0 Å². The third-order valence-corrected chi connectivity index (χ3v) is 4.86. The Morgan fingerprint density at radius 3 is 2.50 bits per heavy atom. The van der Waals surface area contributed by atoms with Crippen LogP contribution in [0.5, 0.6) is 0 Å². The zero-order valence-corrected chi connectivity index (χ0v) is 16.3. The van der Waals surface area contributed by atoms with E-state index in [1.165, 1.54) is 16.5 Å². The number of carbonyl (C=O) groups is 1. The minimum absolute atomic E-state index is 0.139. The number of hydrogen-bond acceptors (Lipinski definition) is 4. The number of amides is 1. The molecule has 0 aliphatic carbocycles. The van der Waals surface area contributed by atoms with E-state index in [1.54, 1.807) is 18.2 Å². The average Bonchev–Trinajstić information content (AvgIpc) is 2.71. The second kappa shape index (κ2) is 8.80. The smallest absolute Gasteiger partial charge is 0.261 e. The summed E-state index contributed by atoms with van der Waals surface area (Å²) in [5, 5.41) is 3.40. The summed E-state index contributed by atoms with van der Waals surface area (Å²) < 4.78 is 1.46. The van der Waals surface area contributed by atoms with Gasteiger partial charge in [0.25, 0.3) is 5.56 Å². The largest absolute Gasteiger partial charge is 0.354 e. The summed E-state index contributed by atoms with van der Waals surface area (Å²) >= 11 is 0. The molecule has 0 spiro atoms. The van der Waals surface area contributed by atoms with Crippen LogP contribution in [0.2, 0.25) is 0 Å². The Balaban J connectivity index is 1.53. The van der Waals surface area contributed by atoms with Gasteiger partial charge in [0.05, 0.1) is 17.2 Å². The van der Waals surface area contributed by atoms with E-state index in [0.717, 1.165) is 5.56 Å². The minimum Gasteiger partial charge on any atom is -0.354 e. The topological polar surface area (TPSA) is 90.0 Å². The van der Waals surface area contributed by atoms with Crippen molar-refractivity contribution in [1.29, 1.82) is 0 Å². The number of aromatic nitrogens is 2. The highest BCUT2D eigenvalue weighted by Gasteiger charge is 2.10. The van der Waals surface area contributed by atoms with Gasteiger partial charge in [-0.2, -0.15) is 0 Å². The summed E-state index contributed by atoms with van der Waals surface area (Å²) in [6.45, 7) is 4.92. The lowest BCUT2D eigenvalue weighted by Gasteiger charge is -2.15. The standard InChI is InChI=1S/C22H26N4O2/c1-15(2)16-7-9-17(10-8-16)19(23)13-24-21(27)11-12-26-14-25-20-6-4-3-5-18(20)22(26)28/h3-10,14-15,19H,11-13,23H2,1-2H3,(H,24,27). The maximum Gasteiger partial charge on any atom is 0.261 e. The first-order valence-corrected chi connectivity index (χ1v) is 9.52. The molecule has 3 N–H and O–H groups in total. The molecule has 0 aliphatic rings. The molecule has 3 aromatic rings. The van der Waals surface area contributed by atoms with Crippen LogP contribution in [0, 0.1) is 0 Å². The number of nitrogens with two attached hydrogens (primary N) is 1. The first kappa shape index (κ1) is 19.8. The van der Waals surface area contributed by atoms with Crippen molar-refractivity contribution in [3.63, 3.8) is 0 Å². The highest BCUT2D eigenvalue weighted by atomic mass is 16.1. The molecule has 0 saturated heterocycles. The monoisotopic (exact) mass is 378 g/mol. The van der Waals surface area contributed by atoms with Crippen molar-refractivity contribution < 1.29 is 4.79 Å². The number of aryl methyl sites for hydroxylation is 1. The number of benzene rings is 2. The predicted octanol–water partition coefficient (Wildman–Crippen LogP) is 2.73. The molecule has 28 heavy (non-hydrogen) atoms. The lowest BCUT2D eigenvalue weighted by atomic mass is 9.99. The molecule has 0 aliphatic heterocycles.